The molecule has 0 heterocycles. The maximum absolute atomic E-state index is 11.7. The first-order valence-corrected chi connectivity index (χ1v) is 10.0. The molecule has 0 spiro atoms. The molecular formula is C19H26N2O5S. The van der Waals surface area contributed by atoms with E-state index < -0.39 is 10.0 Å². The van der Waals surface area contributed by atoms with Crippen molar-refractivity contribution in [2.45, 2.75) is 17.9 Å². The molecule has 0 bridgehead atoms. The number of nitrogens with one attached hydrogen (secondary N) is 1. The molecule has 1 atom stereocenters. The molecule has 0 fully saturated rings. The Labute approximate surface area is 160 Å². The minimum absolute atomic E-state index is 0.113. The molecule has 0 amide bonds. The van der Waals surface area contributed by atoms with E-state index in [0.717, 1.165) is 5.56 Å². The largest absolute Gasteiger partial charge is 0.493 e. The zero-order valence-corrected chi connectivity index (χ0v) is 16.6. The average Bonchev–Trinajstić information content (AvgIpc) is 2.64. The SMILES string of the molecule is COc1ccccc1OCCNCC(OC)c1ccc(C)c(S(N)(=O)=O)c1. The fourth-order valence-electron chi connectivity index (χ4n) is 2.67. The second-order valence-corrected chi connectivity index (χ2v) is 7.53. The molecule has 8 heteroatoms. The van der Waals surface area contributed by atoms with Gasteiger partial charge in [-0.3, -0.25) is 0 Å². The summed E-state index contributed by atoms with van der Waals surface area (Å²) < 4.78 is 39.8. The highest BCUT2D eigenvalue weighted by Crippen LogP contribution is 2.25. The third-order valence-electron chi connectivity index (χ3n) is 4.11. The number of sulfonamides is 1. The van der Waals surface area contributed by atoms with Crippen molar-refractivity contribution in [2.75, 3.05) is 33.9 Å². The molecule has 7 nitrogen and oxygen atoms in total. The number of benzene rings is 2. The summed E-state index contributed by atoms with van der Waals surface area (Å²) in [5.41, 5.74) is 1.35. The van der Waals surface area contributed by atoms with Crippen molar-refractivity contribution in [1.29, 1.82) is 0 Å². The van der Waals surface area contributed by atoms with Crippen molar-refractivity contribution >= 4 is 10.0 Å². The van der Waals surface area contributed by atoms with Gasteiger partial charge in [0.2, 0.25) is 10.0 Å². The highest BCUT2D eigenvalue weighted by molar-refractivity contribution is 7.89. The summed E-state index contributed by atoms with van der Waals surface area (Å²) in [6, 6.07) is 12.6. The lowest BCUT2D eigenvalue weighted by Gasteiger charge is -2.18. The zero-order chi connectivity index (χ0) is 19.9. The third-order valence-corrected chi connectivity index (χ3v) is 5.16. The molecule has 2 aromatic rings. The van der Waals surface area contributed by atoms with Crippen LogP contribution in [0.2, 0.25) is 0 Å². The van der Waals surface area contributed by atoms with Crippen LogP contribution in [0.3, 0.4) is 0 Å². The normalized spacial score (nSPS) is 12.6. The van der Waals surface area contributed by atoms with Gasteiger partial charge in [0.05, 0.1) is 18.1 Å². The molecule has 1 unspecified atom stereocenters. The highest BCUT2D eigenvalue weighted by Gasteiger charge is 2.16. The maximum atomic E-state index is 11.7. The number of ether oxygens (including phenoxy) is 3. The Morgan fingerprint density at radius 2 is 1.81 bits per heavy atom. The van der Waals surface area contributed by atoms with E-state index in [-0.39, 0.29) is 11.0 Å². The quantitative estimate of drug-likeness (QED) is 0.598. The van der Waals surface area contributed by atoms with E-state index in [0.29, 0.717) is 36.8 Å². The number of hydrogen-bond acceptors (Lipinski definition) is 6. The minimum Gasteiger partial charge on any atom is -0.493 e. The molecule has 27 heavy (non-hydrogen) atoms. The van der Waals surface area contributed by atoms with Crippen LogP contribution in [0.25, 0.3) is 0 Å². The van der Waals surface area contributed by atoms with Crippen LogP contribution in [0.15, 0.2) is 47.4 Å². The van der Waals surface area contributed by atoms with E-state index in [9.17, 15) is 8.42 Å². The number of hydrogen-bond donors (Lipinski definition) is 2. The summed E-state index contributed by atoms with van der Waals surface area (Å²) in [6.45, 7) is 3.25. The predicted octanol–water partition coefficient (Wildman–Crippen LogP) is 2.01. The van der Waals surface area contributed by atoms with Crippen LogP contribution in [-0.4, -0.2) is 42.3 Å². The summed E-state index contributed by atoms with van der Waals surface area (Å²) in [5.74, 6) is 1.36. The summed E-state index contributed by atoms with van der Waals surface area (Å²) in [4.78, 5) is 0.113. The van der Waals surface area contributed by atoms with Crippen LogP contribution in [0, 0.1) is 6.92 Å². The molecule has 0 aromatic heterocycles. The van der Waals surface area contributed by atoms with Crippen LogP contribution in [0.1, 0.15) is 17.2 Å². The van der Waals surface area contributed by atoms with E-state index >= 15 is 0 Å². The molecule has 2 rings (SSSR count). The summed E-state index contributed by atoms with van der Waals surface area (Å²) in [7, 11) is -0.596. The van der Waals surface area contributed by atoms with Crippen molar-refractivity contribution in [3.8, 4) is 11.5 Å². The minimum atomic E-state index is -3.77. The van der Waals surface area contributed by atoms with Gasteiger partial charge in [-0.2, -0.15) is 0 Å². The second-order valence-electron chi connectivity index (χ2n) is 6.00. The van der Waals surface area contributed by atoms with E-state index in [1.165, 1.54) is 0 Å². The summed E-state index contributed by atoms with van der Waals surface area (Å²) in [6.07, 6.45) is -0.308. The van der Waals surface area contributed by atoms with Gasteiger partial charge in [0, 0.05) is 20.2 Å². The lowest BCUT2D eigenvalue weighted by molar-refractivity contribution is 0.101. The molecule has 0 aliphatic rings. The molecule has 2 aromatic carbocycles. The monoisotopic (exact) mass is 394 g/mol. The fourth-order valence-corrected chi connectivity index (χ4v) is 3.48. The smallest absolute Gasteiger partial charge is 0.238 e. The van der Waals surface area contributed by atoms with Crippen LogP contribution in [0.5, 0.6) is 11.5 Å². The Morgan fingerprint density at radius 3 is 2.44 bits per heavy atom. The van der Waals surface area contributed by atoms with Gasteiger partial charge in [-0.15, -0.1) is 0 Å². The molecule has 0 saturated heterocycles. The van der Waals surface area contributed by atoms with Crippen molar-refractivity contribution in [3.63, 3.8) is 0 Å². The Balaban J connectivity index is 1.91. The van der Waals surface area contributed by atoms with Crippen LogP contribution < -0.4 is 19.9 Å². The fraction of sp³-hybridized carbons (Fsp3) is 0.368. The first-order chi connectivity index (χ1) is 12.9. The molecule has 0 saturated carbocycles. The van der Waals surface area contributed by atoms with Crippen molar-refractivity contribution < 1.29 is 22.6 Å². The number of aryl methyl sites for hydroxylation is 1. The standard InChI is InChI=1S/C19H26N2O5S/c1-14-8-9-15(12-19(14)27(20,22)23)18(25-3)13-21-10-11-26-17-7-5-4-6-16(17)24-2/h4-9,12,18,21H,10-11,13H2,1-3H3,(H2,20,22,23). The van der Waals surface area contributed by atoms with Gasteiger partial charge in [-0.1, -0.05) is 24.3 Å². The predicted molar refractivity (Wildman–Crippen MR) is 104 cm³/mol. The van der Waals surface area contributed by atoms with Crippen molar-refractivity contribution in [2.24, 2.45) is 5.14 Å². The summed E-state index contributed by atoms with van der Waals surface area (Å²) >= 11 is 0. The Kier molecular flexibility index (Phi) is 7.61. The van der Waals surface area contributed by atoms with E-state index in [1.54, 1.807) is 33.3 Å². The van der Waals surface area contributed by atoms with Crippen molar-refractivity contribution in [3.05, 3.63) is 53.6 Å². The van der Waals surface area contributed by atoms with Gasteiger partial charge in [0.25, 0.3) is 0 Å². The molecule has 0 aliphatic carbocycles. The maximum Gasteiger partial charge on any atom is 0.238 e. The molecule has 0 radical (unpaired) electrons. The molecule has 3 N–H and O–H groups in total. The van der Waals surface area contributed by atoms with Crippen LogP contribution in [0.4, 0.5) is 0 Å². The molecular weight excluding hydrogens is 368 g/mol. The Bertz CT molecular complexity index is 855. The van der Waals surface area contributed by atoms with E-state index in [2.05, 4.69) is 5.32 Å². The molecule has 0 aliphatic heterocycles. The van der Waals surface area contributed by atoms with E-state index in [4.69, 9.17) is 19.3 Å². The lowest BCUT2D eigenvalue weighted by atomic mass is 10.1. The van der Waals surface area contributed by atoms with Crippen molar-refractivity contribution in [1.82, 2.24) is 5.32 Å². The number of nitrogens with two attached hydrogens (primary N) is 1. The van der Waals surface area contributed by atoms with Gasteiger partial charge < -0.3 is 19.5 Å². The average molecular weight is 394 g/mol. The first kappa shape index (κ1) is 21.2. The van der Waals surface area contributed by atoms with Crippen LogP contribution in [-0.2, 0) is 14.8 Å². The first-order valence-electron chi connectivity index (χ1n) is 8.49. The zero-order valence-electron chi connectivity index (χ0n) is 15.8. The third kappa shape index (κ3) is 5.93. The number of primary sulfonamides is 1. The number of rotatable bonds is 10. The Hall–Kier alpha value is -2.13. The number of para-hydroxylation sites is 2. The highest BCUT2D eigenvalue weighted by atomic mass is 32.2. The second kappa shape index (κ2) is 9.70. The van der Waals surface area contributed by atoms with Gasteiger partial charge in [-0.25, -0.2) is 13.6 Å². The van der Waals surface area contributed by atoms with Gasteiger partial charge in [0.15, 0.2) is 11.5 Å². The topological polar surface area (TPSA) is 99.9 Å². The van der Waals surface area contributed by atoms with Crippen LogP contribution >= 0.6 is 0 Å². The van der Waals surface area contributed by atoms with Gasteiger partial charge >= 0.3 is 0 Å². The van der Waals surface area contributed by atoms with Gasteiger partial charge in [0.1, 0.15) is 6.61 Å². The number of methoxy groups -OCH3 is 2. The Morgan fingerprint density at radius 1 is 1.11 bits per heavy atom. The van der Waals surface area contributed by atoms with E-state index in [1.807, 2.05) is 30.3 Å². The van der Waals surface area contributed by atoms with Gasteiger partial charge in [-0.05, 0) is 36.2 Å². The summed E-state index contributed by atoms with van der Waals surface area (Å²) in [5, 5.41) is 8.52. The molecule has 148 valence electrons. The lowest BCUT2D eigenvalue weighted by Crippen LogP contribution is -2.27.